The monoisotopic (exact) mass is 285 g/mol. The van der Waals surface area contributed by atoms with Crippen molar-refractivity contribution in [2.75, 3.05) is 7.11 Å². The molecule has 0 aliphatic heterocycles. The molecule has 86 valence electrons. The van der Waals surface area contributed by atoms with Crippen molar-refractivity contribution >= 4 is 27.8 Å². The van der Waals surface area contributed by atoms with Crippen molar-refractivity contribution in [1.29, 1.82) is 0 Å². The Morgan fingerprint density at radius 1 is 1.44 bits per heavy atom. The van der Waals surface area contributed by atoms with E-state index in [1.165, 1.54) is 7.11 Å². The molecule has 0 saturated heterocycles. The van der Waals surface area contributed by atoms with Crippen LogP contribution in [0.25, 0.3) is 0 Å². The number of carbonyl (C=O) groups is 2. The van der Waals surface area contributed by atoms with Crippen LogP contribution < -0.4 is 5.32 Å². The molecule has 1 N–H and O–H groups in total. The first kappa shape index (κ1) is 12.7. The Hall–Kier alpha value is -1.36. The van der Waals surface area contributed by atoms with Crippen molar-refractivity contribution in [3.8, 4) is 0 Å². The lowest BCUT2D eigenvalue weighted by atomic mass is 10.1. The fraction of sp³-hybridized carbons (Fsp3) is 0.273. The summed E-state index contributed by atoms with van der Waals surface area (Å²) in [6.07, 6.45) is 0. The van der Waals surface area contributed by atoms with Crippen molar-refractivity contribution < 1.29 is 14.3 Å². The zero-order valence-electron chi connectivity index (χ0n) is 9.04. The molecular weight excluding hydrogens is 274 g/mol. The van der Waals surface area contributed by atoms with E-state index >= 15 is 0 Å². The summed E-state index contributed by atoms with van der Waals surface area (Å²) in [5, 5.41) is 2.48. The van der Waals surface area contributed by atoms with E-state index in [0.717, 1.165) is 15.6 Å². The fourth-order valence-corrected chi connectivity index (χ4v) is 1.58. The van der Waals surface area contributed by atoms with Gasteiger partial charge in [0.15, 0.2) is 0 Å². The largest absolute Gasteiger partial charge is 0.462 e. The number of nitrogens with one attached hydrogen (secondary N) is 1. The van der Waals surface area contributed by atoms with Gasteiger partial charge in [-0.15, -0.1) is 0 Å². The van der Waals surface area contributed by atoms with Gasteiger partial charge in [-0.25, -0.2) is 4.79 Å². The van der Waals surface area contributed by atoms with Gasteiger partial charge >= 0.3 is 11.9 Å². The van der Waals surface area contributed by atoms with E-state index in [9.17, 15) is 9.59 Å². The summed E-state index contributed by atoms with van der Waals surface area (Å²) < 4.78 is 5.23. The molecule has 5 heteroatoms. The number of halogens is 1. The first-order chi connectivity index (χ1) is 7.54. The molecule has 1 rings (SSSR count). The number of hydrogen-bond donors (Lipinski definition) is 1. The topological polar surface area (TPSA) is 55.4 Å². The molecule has 0 saturated carbocycles. The van der Waals surface area contributed by atoms with E-state index in [-0.39, 0.29) is 0 Å². The SMILES string of the molecule is COC(=O)C(=O)NCc1cc(Br)ccc1C. The van der Waals surface area contributed by atoms with Crippen molar-refractivity contribution in [2.24, 2.45) is 0 Å². The number of hydrogen-bond acceptors (Lipinski definition) is 3. The molecule has 0 bridgehead atoms. The molecule has 0 aromatic heterocycles. The number of benzene rings is 1. The van der Waals surface area contributed by atoms with E-state index in [0.29, 0.717) is 6.54 Å². The summed E-state index contributed by atoms with van der Waals surface area (Å²) >= 11 is 3.34. The maximum Gasteiger partial charge on any atom is 0.396 e. The first-order valence-corrected chi connectivity index (χ1v) is 5.45. The van der Waals surface area contributed by atoms with Crippen molar-refractivity contribution in [1.82, 2.24) is 5.32 Å². The highest BCUT2D eigenvalue weighted by Gasteiger charge is 2.13. The molecule has 0 atom stereocenters. The van der Waals surface area contributed by atoms with E-state index in [1.807, 2.05) is 25.1 Å². The summed E-state index contributed by atoms with van der Waals surface area (Å²) in [6, 6.07) is 5.75. The fourth-order valence-electron chi connectivity index (χ4n) is 1.17. The van der Waals surface area contributed by atoms with Crippen LogP contribution in [0.4, 0.5) is 0 Å². The minimum atomic E-state index is -0.882. The number of amides is 1. The lowest BCUT2D eigenvalue weighted by Gasteiger charge is -2.07. The number of carbonyl (C=O) groups excluding carboxylic acids is 2. The van der Waals surface area contributed by atoms with E-state index < -0.39 is 11.9 Å². The summed E-state index contributed by atoms with van der Waals surface area (Å²) in [5.74, 6) is -1.62. The molecule has 0 radical (unpaired) electrons. The van der Waals surface area contributed by atoms with Gasteiger partial charge in [-0.1, -0.05) is 22.0 Å². The van der Waals surface area contributed by atoms with Crippen molar-refractivity contribution in [2.45, 2.75) is 13.5 Å². The molecule has 1 aromatic rings. The Labute approximate surface area is 102 Å². The van der Waals surface area contributed by atoms with Crippen LogP contribution in [-0.4, -0.2) is 19.0 Å². The van der Waals surface area contributed by atoms with Gasteiger partial charge in [-0.05, 0) is 30.2 Å². The Morgan fingerprint density at radius 2 is 2.12 bits per heavy atom. The predicted octanol–water partition coefficient (Wildman–Crippen LogP) is 1.55. The quantitative estimate of drug-likeness (QED) is 0.663. The van der Waals surface area contributed by atoms with Crippen LogP contribution in [-0.2, 0) is 20.9 Å². The van der Waals surface area contributed by atoms with Gasteiger partial charge in [-0.2, -0.15) is 0 Å². The molecule has 1 aromatic carbocycles. The Bertz CT molecular complexity index is 418. The molecule has 0 aliphatic carbocycles. The Morgan fingerprint density at radius 3 is 2.75 bits per heavy atom. The van der Waals surface area contributed by atoms with Crippen LogP contribution in [0.1, 0.15) is 11.1 Å². The van der Waals surface area contributed by atoms with Crippen molar-refractivity contribution in [3.63, 3.8) is 0 Å². The van der Waals surface area contributed by atoms with Crippen LogP contribution in [0.2, 0.25) is 0 Å². The van der Waals surface area contributed by atoms with Gasteiger partial charge in [-0.3, -0.25) is 4.79 Å². The molecule has 0 aliphatic rings. The first-order valence-electron chi connectivity index (χ1n) is 4.65. The molecule has 4 nitrogen and oxygen atoms in total. The van der Waals surface area contributed by atoms with Gasteiger partial charge in [0.1, 0.15) is 0 Å². The normalized spacial score (nSPS) is 9.69. The van der Waals surface area contributed by atoms with Crippen LogP contribution in [0, 0.1) is 6.92 Å². The highest BCUT2D eigenvalue weighted by atomic mass is 79.9. The third-order valence-electron chi connectivity index (χ3n) is 2.12. The number of methoxy groups -OCH3 is 1. The summed E-state index contributed by atoms with van der Waals surface area (Å²) in [7, 11) is 1.17. The van der Waals surface area contributed by atoms with Crippen LogP contribution in [0.3, 0.4) is 0 Å². The lowest BCUT2D eigenvalue weighted by molar-refractivity contribution is -0.152. The zero-order valence-corrected chi connectivity index (χ0v) is 10.6. The smallest absolute Gasteiger partial charge is 0.396 e. The molecule has 0 heterocycles. The Balaban J connectivity index is 2.64. The van der Waals surface area contributed by atoms with Gasteiger partial charge in [0, 0.05) is 11.0 Å². The molecule has 0 spiro atoms. The second kappa shape index (κ2) is 5.65. The number of rotatable bonds is 2. The molecule has 0 unspecified atom stereocenters. The second-order valence-electron chi connectivity index (χ2n) is 3.25. The Kier molecular flexibility index (Phi) is 4.49. The maximum absolute atomic E-state index is 11.1. The van der Waals surface area contributed by atoms with E-state index in [4.69, 9.17) is 0 Å². The average molecular weight is 286 g/mol. The molecule has 0 fully saturated rings. The highest BCUT2D eigenvalue weighted by Crippen LogP contribution is 2.15. The number of ether oxygens (including phenoxy) is 1. The standard InChI is InChI=1S/C11H12BrNO3/c1-7-3-4-9(12)5-8(7)6-13-10(14)11(15)16-2/h3-5H,6H2,1-2H3,(H,13,14). The third kappa shape index (κ3) is 3.34. The summed E-state index contributed by atoms with van der Waals surface area (Å²) in [5.41, 5.74) is 2.00. The minimum Gasteiger partial charge on any atom is -0.462 e. The summed E-state index contributed by atoms with van der Waals surface area (Å²) in [4.78, 5) is 22.0. The highest BCUT2D eigenvalue weighted by molar-refractivity contribution is 9.10. The van der Waals surface area contributed by atoms with Crippen LogP contribution >= 0.6 is 15.9 Å². The predicted molar refractivity (Wildman–Crippen MR) is 62.7 cm³/mol. The van der Waals surface area contributed by atoms with E-state index in [1.54, 1.807) is 0 Å². The van der Waals surface area contributed by atoms with Crippen LogP contribution in [0.5, 0.6) is 0 Å². The van der Waals surface area contributed by atoms with Gasteiger partial charge in [0.05, 0.1) is 7.11 Å². The van der Waals surface area contributed by atoms with E-state index in [2.05, 4.69) is 26.0 Å². The van der Waals surface area contributed by atoms with Gasteiger partial charge < -0.3 is 10.1 Å². The second-order valence-corrected chi connectivity index (χ2v) is 4.16. The summed E-state index contributed by atoms with van der Waals surface area (Å²) in [6.45, 7) is 2.24. The molecule has 1 amide bonds. The van der Waals surface area contributed by atoms with Gasteiger partial charge in [0.2, 0.25) is 0 Å². The number of esters is 1. The lowest BCUT2D eigenvalue weighted by Crippen LogP contribution is -2.31. The average Bonchev–Trinajstić information content (AvgIpc) is 2.28. The minimum absolute atomic E-state index is 0.305. The maximum atomic E-state index is 11.1. The number of aryl methyl sites for hydroxylation is 1. The third-order valence-corrected chi connectivity index (χ3v) is 2.61. The van der Waals surface area contributed by atoms with Gasteiger partial charge in [0.25, 0.3) is 0 Å². The zero-order chi connectivity index (χ0) is 12.1. The molecular formula is C11H12BrNO3. The van der Waals surface area contributed by atoms with Crippen molar-refractivity contribution in [3.05, 3.63) is 33.8 Å². The van der Waals surface area contributed by atoms with Crippen LogP contribution in [0.15, 0.2) is 22.7 Å². The molecule has 16 heavy (non-hydrogen) atoms.